The van der Waals surface area contributed by atoms with Crippen molar-refractivity contribution in [2.75, 3.05) is 11.9 Å². The zero-order chi connectivity index (χ0) is 20.0. The molecule has 0 spiro atoms. The zero-order valence-corrected chi connectivity index (χ0v) is 16.1. The molecule has 2 aliphatic rings. The second-order valence-electron chi connectivity index (χ2n) is 7.63. The predicted octanol–water partition coefficient (Wildman–Crippen LogP) is 3.83. The molecule has 146 valence electrons. The molecule has 0 saturated heterocycles. The van der Waals surface area contributed by atoms with Gasteiger partial charge in [-0.25, -0.2) is 4.98 Å². The number of aromatic nitrogens is 2. The number of anilines is 1. The van der Waals surface area contributed by atoms with Crippen LogP contribution in [0.4, 0.5) is 5.69 Å². The first-order valence-corrected chi connectivity index (χ1v) is 10.0. The van der Waals surface area contributed by atoms with Crippen LogP contribution in [0.3, 0.4) is 0 Å². The maximum atomic E-state index is 12.6. The van der Waals surface area contributed by atoms with Crippen molar-refractivity contribution in [3.63, 3.8) is 0 Å². The Morgan fingerprint density at radius 2 is 1.93 bits per heavy atom. The van der Waals surface area contributed by atoms with Gasteiger partial charge in [0.25, 0.3) is 5.91 Å². The average Bonchev–Trinajstić information content (AvgIpc) is 3.05. The number of nitrogens with one attached hydrogen (secondary N) is 1. The van der Waals surface area contributed by atoms with E-state index in [1.807, 2.05) is 36.4 Å². The van der Waals surface area contributed by atoms with Crippen LogP contribution in [0.15, 0.2) is 49.0 Å². The van der Waals surface area contributed by atoms with Crippen LogP contribution in [-0.4, -0.2) is 32.8 Å². The van der Waals surface area contributed by atoms with Gasteiger partial charge in [0.1, 0.15) is 12.4 Å². The number of rotatable bonds is 3. The highest BCUT2D eigenvalue weighted by molar-refractivity contribution is 6.11. The third-order valence-corrected chi connectivity index (χ3v) is 5.73. The first-order valence-electron chi connectivity index (χ1n) is 10.0. The molecule has 5 rings (SSSR count). The summed E-state index contributed by atoms with van der Waals surface area (Å²) in [6.07, 6.45) is 4.58. The second kappa shape index (κ2) is 6.88. The Bertz CT molecular complexity index is 1130. The summed E-state index contributed by atoms with van der Waals surface area (Å²) in [4.78, 5) is 31.4. The van der Waals surface area contributed by atoms with Crippen LogP contribution < -0.4 is 5.32 Å². The minimum atomic E-state index is -0.257. The highest BCUT2D eigenvalue weighted by Gasteiger charge is 2.31. The lowest BCUT2D eigenvalue weighted by Gasteiger charge is -2.17. The number of benzene rings is 2. The topological polar surface area (TPSA) is 67.2 Å². The van der Waals surface area contributed by atoms with E-state index in [4.69, 9.17) is 4.98 Å². The molecule has 1 N–H and O–H groups in total. The van der Waals surface area contributed by atoms with Crippen LogP contribution >= 0.6 is 0 Å². The molecule has 3 aromatic rings. The Labute approximate surface area is 168 Å². The van der Waals surface area contributed by atoms with Crippen LogP contribution in [-0.2, 0) is 17.8 Å². The Kier molecular flexibility index (Phi) is 4.19. The summed E-state index contributed by atoms with van der Waals surface area (Å²) >= 11 is 0. The van der Waals surface area contributed by atoms with Crippen molar-refractivity contribution in [2.45, 2.75) is 32.2 Å². The molecule has 0 saturated carbocycles. The largest absolute Gasteiger partial charge is 0.328 e. The Morgan fingerprint density at radius 1 is 1.10 bits per heavy atom. The molecule has 2 aliphatic heterocycles. The quantitative estimate of drug-likeness (QED) is 0.744. The van der Waals surface area contributed by atoms with E-state index in [1.54, 1.807) is 6.07 Å². The molecule has 0 radical (unpaired) electrons. The van der Waals surface area contributed by atoms with Gasteiger partial charge in [-0.2, -0.15) is 0 Å². The van der Waals surface area contributed by atoms with Gasteiger partial charge in [-0.15, -0.1) is 0 Å². The number of aryl methyl sites for hydroxylation is 2. The number of carbonyl (C=O) groups is 2. The summed E-state index contributed by atoms with van der Waals surface area (Å²) in [5, 5.41) is 2.90. The molecule has 0 fully saturated rings. The smallest absolute Gasteiger partial charge is 0.259 e. The van der Waals surface area contributed by atoms with Gasteiger partial charge in [0.2, 0.25) is 5.91 Å². The van der Waals surface area contributed by atoms with Gasteiger partial charge in [-0.3, -0.25) is 14.5 Å². The van der Waals surface area contributed by atoms with Crippen molar-refractivity contribution in [3.8, 4) is 0 Å². The van der Waals surface area contributed by atoms with Crippen molar-refractivity contribution in [3.05, 3.63) is 66.0 Å². The minimum Gasteiger partial charge on any atom is -0.328 e. The highest BCUT2D eigenvalue weighted by atomic mass is 16.2. The van der Waals surface area contributed by atoms with Crippen LogP contribution in [0, 0.1) is 0 Å². The Hall–Kier alpha value is -3.41. The Morgan fingerprint density at radius 3 is 2.76 bits per heavy atom. The van der Waals surface area contributed by atoms with Crippen molar-refractivity contribution >= 4 is 34.2 Å². The number of hydrogen-bond acceptors (Lipinski definition) is 3. The number of nitrogens with zero attached hydrogens (tertiary/aromatic N) is 3. The van der Waals surface area contributed by atoms with E-state index in [2.05, 4.69) is 16.5 Å². The van der Waals surface area contributed by atoms with E-state index in [1.165, 1.54) is 24.2 Å². The van der Waals surface area contributed by atoms with Gasteiger partial charge in [0.15, 0.2) is 0 Å². The number of carbonyl (C=O) groups excluding carboxylic acids is 2. The fourth-order valence-corrected chi connectivity index (χ4v) is 4.27. The minimum absolute atomic E-state index is 0.0654. The molecule has 2 amide bonds. The van der Waals surface area contributed by atoms with Crippen LogP contribution in [0.25, 0.3) is 16.7 Å². The number of imidazole rings is 1. The lowest BCUT2D eigenvalue weighted by molar-refractivity contribution is -0.116. The first kappa shape index (κ1) is 17.7. The maximum absolute atomic E-state index is 12.6. The van der Waals surface area contributed by atoms with Crippen molar-refractivity contribution in [1.29, 1.82) is 0 Å². The fraction of sp³-hybridized carbons (Fsp3) is 0.261. The first-order chi connectivity index (χ1) is 14.1. The predicted molar refractivity (Wildman–Crippen MR) is 112 cm³/mol. The molecule has 2 aromatic carbocycles. The number of amides is 2. The molecule has 6 nitrogen and oxygen atoms in total. The lowest BCUT2D eigenvalue weighted by Crippen LogP contribution is -2.32. The van der Waals surface area contributed by atoms with E-state index < -0.39 is 0 Å². The molecule has 29 heavy (non-hydrogen) atoms. The van der Waals surface area contributed by atoms with Crippen molar-refractivity contribution in [2.24, 2.45) is 0 Å². The van der Waals surface area contributed by atoms with E-state index in [0.717, 1.165) is 35.4 Å². The summed E-state index contributed by atoms with van der Waals surface area (Å²) in [5.41, 5.74) is 4.63. The van der Waals surface area contributed by atoms with Gasteiger partial charge in [0.05, 0.1) is 11.0 Å². The number of fused-ring (bicyclic) bond motifs is 4. The molecular formula is C23H22N4O2. The molecule has 0 aliphatic carbocycles. The van der Waals surface area contributed by atoms with Crippen molar-refractivity contribution in [1.82, 2.24) is 14.5 Å². The van der Waals surface area contributed by atoms with Gasteiger partial charge >= 0.3 is 0 Å². The van der Waals surface area contributed by atoms with Crippen LogP contribution in [0.2, 0.25) is 0 Å². The summed E-state index contributed by atoms with van der Waals surface area (Å²) in [7, 11) is 0. The lowest BCUT2D eigenvalue weighted by atomic mass is 10.1. The second-order valence-corrected chi connectivity index (χ2v) is 7.63. The van der Waals surface area contributed by atoms with Gasteiger partial charge < -0.3 is 9.88 Å². The zero-order valence-electron chi connectivity index (χ0n) is 16.1. The molecule has 6 heteroatoms. The van der Waals surface area contributed by atoms with Gasteiger partial charge in [0, 0.05) is 35.5 Å². The SMILES string of the molecule is C=C1c2ccccc2C(=O)N1CC(=O)Nc1ccc2c(c1)nc1n2CCCCC1. The van der Waals surface area contributed by atoms with E-state index in [-0.39, 0.29) is 18.4 Å². The maximum Gasteiger partial charge on any atom is 0.259 e. The summed E-state index contributed by atoms with van der Waals surface area (Å²) in [6.45, 7) is 4.92. The standard InChI is InChI=1S/C23H22N4O2/c1-15-17-7-4-5-8-18(17)23(29)27(15)14-22(28)24-16-10-11-20-19(13-16)25-21-9-3-2-6-12-26(20)21/h4-5,7-8,10-11,13H,1-3,6,9,12,14H2,(H,24,28). The average molecular weight is 386 g/mol. The fourth-order valence-electron chi connectivity index (χ4n) is 4.27. The molecule has 0 bridgehead atoms. The van der Waals surface area contributed by atoms with E-state index in [9.17, 15) is 9.59 Å². The third-order valence-electron chi connectivity index (χ3n) is 5.73. The number of hydrogen-bond donors (Lipinski definition) is 1. The summed E-state index contributed by atoms with van der Waals surface area (Å²) < 4.78 is 2.29. The molecule has 0 unspecified atom stereocenters. The Balaban J connectivity index is 1.33. The van der Waals surface area contributed by atoms with Crippen LogP contribution in [0.1, 0.15) is 41.0 Å². The van der Waals surface area contributed by atoms with Gasteiger partial charge in [-0.1, -0.05) is 31.2 Å². The van der Waals surface area contributed by atoms with Crippen LogP contribution in [0.5, 0.6) is 0 Å². The van der Waals surface area contributed by atoms with Gasteiger partial charge in [-0.05, 0) is 37.1 Å². The van der Waals surface area contributed by atoms with E-state index in [0.29, 0.717) is 16.9 Å². The summed E-state index contributed by atoms with van der Waals surface area (Å²) in [6, 6.07) is 13.1. The monoisotopic (exact) mass is 386 g/mol. The van der Waals surface area contributed by atoms with Crippen molar-refractivity contribution < 1.29 is 9.59 Å². The van der Waals surface area contributed by atoms with E-state index >= 15 is 0 Å². The molecule has 1 aromatic heterocycles. The molecule has 0 atom stereocenters. The summed E-state index contributed by atoms with van der Waals surface area (Å²) in [5.74, 6) is 0.680. The normalized spacial score (nSPS) is 15.9. The molecular weight excluding hydrogens is 364 g/mol. The molecule has 3 heterocycles. The third kappa shape index (κ3) is 3.01. The highest BCUT2D eigenvalue weighted by Crippen LogP contribution is 2.31.